The Hall–Kier alpha value is -1.67. The highest BCUT2D eigenvalue weighted by atomic mass is 16.6. The summed E-state index contributed by atoms with van der Waals surface area (Å²) >= 11 is 0. The van der Waals surface area contributed by atoms with Crippen LogP contribution in [0.5, 0.6) is 0 Å². The van der Waals surface area contributed by atoms with Crippen LogP contribution in [0.4, 0.5) is 0 Å². The minimum atomic E-state index is -2.74. The third-order valence-corrected chi connectivity index (χ3v) is 2.06. The van der Waals surface area contributed by atoms with Crippen LogP contribution in [0.15, 0.2) is 0 Å². The molecule has 0 aromatic rings. The van der Waals surface area contributed by atoms with Gasteiger partial charge in [0.15, 0.2) is 6.10 Å². The molecule has 0 spiro atoms. The van der Waals surface area contributed by atoms with Crippen LogP contribution < -0.4 is 0 Å². The largest absolute Gasteiger partial charge is 0.469 e. The first-order valence-electron chi connectivity index (χ1n) is 4.47. The highest BCUT2D eigenvalue weighted by Crippen LogP contribution is 2.19. The van der Waals surface area contributed by atoms with Crippen molar-refractivity contribution < 1.29 is 38.8 Å². The van der Waals surface area contributed by atoms with Crippen molar-refractivity contribution in [1.29, 1.82) is 0 Å². The van der Waals surface area contributed by atoms with E-state index in [1.165, 1.54) is 0 Å². The van der Waals surface area contributed by atoms with E-state index in [1.807, 2.05) is 0 Å². The number of aliphatic hydroxyl groups excluding tert-OH is 1. The van der Waals surface area contributed by atoms with Crippen LogP contribution >= 0.6 is 0 Å². The summed E-state index contributed by atoms with van der Waals surface area (Å²) in [5.41, 5.74) is -2.74. The fourth-order valence-electron chi connectivity index (χ4n) is 1.06. The molecule has 0 aliphatic heterocycles. The molecule has 0 radical (unpaired) electrons. The van der Waals surface area contributed by atoms with E-state index in [9.17, 15) is 24.6 Å². The van der Waals surface area contributed by atoms with Crippen molar-refractivity contribution >= 4 is 17.9 Å². The summed E-state index contributed by atoms with van der Waals surface area (Å²) in [6, 6.07) is 0. The van der Waals surface area contributed by atoms with Gasteiger partial charge in [0.25, 0.3) is 0 Å². The van der Waals surface area contributed by atoms with Crippen LogP contribution in [0.3, 0.4) is 0 Å². The molecule has 98 valence electrons. The standard InChI is InChI=1S/C9H14O8/c1-15-5(10)4-9(14,8(13)17-3)6(11)7(12)16-2/h6,11,14H,4H2,1-3H3. The van der Waals surface area contributed by atoms with Gasteiger partial charge in [-0.3, -0.25) is 4.79 Å². The van der Waals surface area contributed by atoms with Crippen LogP contribution in [0.1, 0.15) is 6.42 Å². The van der Waals surface area contributed by atoms with E-state index >= 15 is 0 Å². The van der Waals surface area contributed by atoms with Gasteiger partial charge in [-0.15, -0.1) is 0 Å². The van der Waals surface area contributed by atoms with Crippen molar-refractivity contribution in [2.75, 3.05) is 21.3 Å². The number of carbonyl (C=O) groups excluding carboxylic acids is 3. The third kappa shape index (κ3) is 3.40. The van der Waals surface area contributed by atoms with Gasteiger partial charge in [0, 0.05) is 0 Å². The summed E-state index contributed by atoms with van der Waals surface area (Å²) in [6.07, 6.45) is -3.19. The zero-order valence-corrected chi connectivity index (χ0v) is 9.63. The highest BCUT2D eigenvalue weighted by molar-refractivity contribution is 5.92. The van der Waals surface area contributed by atoms with Gasteiger partial charge in [-0.25, -0.2) is 9.59 Å². The molecule has 8 heteroatoms. The van der Waals surface area contributed by atoms with Crippen LogP contribution in [0, 0.1) is 0 Å². The van der Waals surface area contributed by atoms with Gasteiger partial charge in [0.05, 0.1) is 27.8 Å². The molecule has 2 atom stereocenters. The molecule has 0 aromatic heterocycles. The first-order chi connectivity index (χ1) is 7.83. The van der Waals surface area contributed by atoms with Gasteiger partial charge in [-0.1, -0.05) is 0 Å². The van der Waals surface area contributed by atoms with E-state index in [2.05, 4.69) is 14.2 Å². The van der Waals surface area contributed by atoms with Crippen molar-refractivity contribution in [3.63, 3.8) is 0 Å². The maximum Gasteiger partial charge on any atom is 0.341 e. The van der Waals surface area contributed by atoms with E-state index < -0.39 is 36.0 Å². The van der Waals surface area contributed by atoms with Crippen molar-refractivity contribution in [3.8, 4) is 0 Å². The fourth-order valence-corrected chi connectivity index (χ4v) is 1.06. The number of esters is 3. The summed E-state index contributed by atoms with van der Waals surface area (Å²) in [6.45, 7) is 0. The van der Waals surface area contributed by atoms with Gasteiger partial charge in [0.1, 0.15) is 0 Å². The topological polar surface area (TPSA) is 119 Å². The van der Waals surface area contributed by atoms with E-state index in [1.54, 1.807) is 0 Å². The van der Waals surface area contributed by atoms with Crippen molar-refractivity contribution in [3.05, 3.63) is 0 Å². The molecule has 0 bridgehead atoms. The monoisotopic (exact) mass is 250 g/mol. The molecule has 0 rings (SSSR count). The normalized spacial score (nSPS) is 15.4. The Morgan fingerprint density at radius 3 is 2.00 bits per heavy atom. The highest BCUT2D eigenvalue weighted by Gasteiger charge is 2.51. The Labute approximate surface area is 97.1 Å². The van der Waals surface area contributed by atoms with Crippen LogP contribution in [-0.2, 0) is 28.6 Å². The lowest BCUT2D eigenvalue weighted by molar-refractivity contribution is -0.191. The van der Waals surface area contributed by atoms with Crippen molar-refractivity contribution in [2.24, 2.45) is 0 Å². The van der Waals surface area contributed by atoms with Gasteiger partial charge in [-0.05, 0) is 0 Å². The molecule has 0 amide bonds. The van der Waals surface area contributed by atoms with E-state index in [0.717, 1.165) is 21.3 Å². The smallest absolute Gasteiger partial charge is 0.341 e. The van der Waals surface area contributed by atoms with E-state index in [-0.39, 0.29) is 0 Å². The maximum atomic E-state index is 11.3. The average Bonchev–Trinajstić information content (AvgIpc) is 2.35. The van der Waals surface area contributed by atoms with Crippen molar-refractivity contribution in [1.82, 2.24) is 0 Å². The number of carbonyl (C=O) groups is 3. The lowest BCUT2D eigenvalue weighted by Crippen LogP contribution is -2.55. The number of hydrogen-bond donors (Lipinski definition) is 2. The molecular formula is C9H14O8. The summed E-state index contributed by atoms with van der Waals surface area (Å²) in [7, 11) is 2.89. The second-order valence-corrected chi connectivity index (χ2v) is 3.09. The summed E-state index contributed by atoms with van der Waals surface area (Å²) in [5, 5.41) is 19.3. The quantitative estimate of drug-likeness (QED) is 0.424. The molecule has 0 saturated carbocycles. The van der Waals surface area contributed by atoms with Crippen LogP contribution in [-0.4, -0.2) is 61.2 Å². The third-order valence-electron chi connectivity index (χ3n) is 2.06. The van der Waals surface area contributed by atoms with Crippen LogP contribution in [0.25, 0.3) is 0 Å². The Bertz CT molecular complexity index is 312. The molecular weight excluding hydrogens is 236 g/mol. The molecule has 17 heavy (non-hydrogen) atoms. The molecule has 2 N–H and O–H groups in total. The second kappa shape index (κ2) is 6.16. The number of hydrogen-bond acceptors (Lipinski definition) is 8. The van der Waals surface area contributed by atoms with Gasteiger partial charge >= 0.3 is 17.9 Å². The minimum Gasteiger partial charge on any atom is -0.469 e. The first kappa shape index (κ1) is 15.3. The molecule has 0 fully saturated rings. The predicted molar refractivity (Wildman–Crippen MR) is 51.6 cm³/mol. The Kier molecular flexibility index (Phi) is 5.56. The molecule has 0 aromatic carbocycles. The van der Waals surface area contributed by atoms with Crippen LogP contribution in [0.2, 0.25) is 0 Å². The van der Waals surface area contributed by atoms with Gasteiger partial charge in [0.2, 0.25) is 5.60 Å². The summed E-state index contributed by atoms with van der Waals surface area (Å²) in [4.78, 5) is 33.4. The van der Waals surface area contributed by atoms with E-state index in [4.69, 9.17) is 0 Å². The fraction of sp³-hybridized carbons (Fsp3) is 0.667. The Balaban J connectivity index is 5.16. The number of methoxy groups -OCH3 is 3. The summed E-state index contributed by atoms with van der Waals surface area (Å²) < 4.78 is 12.6. The zero-order valence-electron chi connectivity index (χ0n) is 9.63. The maximum absolute atomic E-state index is 11.3. The second-order valence-electron chi connectivity index (χ2n) is 3.09. The Morgan fingerprint density at radius 2 is 1.65 bits per heavy atom. The molecule has 0 aliphatic carbocycles. The number of ether oxygens (including phenoxy) is 3. The average molecular weight is 250 g/mol. The molecule has 0 heterocycles. The van der Waals surface area contributed by atoms with Gasteiger partial charge in [-0.2, -0.15) is 0 Å². The minimum absolute atomic E-state index is 0.925. The lowest BCUT2D eigenvalue weighted by Gasteiger charge is -2.27. The lowest BCUT2D eigenvalue weighted by atomic mass is 9.92. The molecule has 8 nitrogen and oxygen atoms in total. The number of aliphatic hydroxyl groups is 2. The summed E-state index contributed by atoms with van der Waals surface area (Å²) in [5.74, 6) is -3.62. The number of rotatable bonds is 5. The first-order valence-corrected chi connectivity index (χ1v) is 4.47. The zero-order chi connectivity index (χ0) is 13.6. The van der Waals surface area contributed by atoms with E-state index in [0.29, 0.717) is 0 Å². The molecule has 2 unspecified atom stereocenters. The van der Waals surface area contributed by atoms with Gasteiger partial charge < -0.3 is 24.4 Å². The Morgan fingerprint density at radius 1 is 1.12 bits per heavy atom. The SMILES string of the molecule is COC(=O)CC(O)(C(=O)OC)C(O)C(=O)OC. The predicted octanol–water partition coefficient (Wildman–Crippen LogP) is -2.01. The molecule has 0 aliphatic rings. The van der Waals surface area contributed by atoms with Crippen molar-refractivity contribution in [2.45, 2.75) is 18.1 Å². The molecule has 0 saturated heterocycles.